The maximum Gasteiger partial charge on any atom is 0.339 e. The number of thiocarbonyl (C=S) groups is 1. The summed E-state index contributed by atoms with van der Waals surface area (Å²) < 4.78 is 27.2. The van der Waals surface area contributed by atoms with Crippen molar-refractivity contribution in [2.24, 2.45) is 0 Å². The highest BCUT2D eigenvalue weighted by molar-refractivity contribution is 8.26. The number of amides is 1. The normalized spacial score (nSPS) is 14.8. The molecule has 3 aromatic rings. The van der Waals surface area contributed by atoms with Gasteiger partial charge in [0.15, 0.2) is 11.6 Å². The van der Waals surface area contributed by atoms with Gasteiger partial charge in [-0.3, -0.25) is 9.69 Å². The Morgan fingerprint density at radius 2 is 1.91 bits per heavy atom. The predicted octanol–water partition coefficient (Wildman–Crippen LogP) is 4.87. The van der Waals surface area contributed by atoms with Gasteiger partial charge in [0.25, 0.3) is 5.91 Å². The van der Waals surface area contributed by atoms with Gasteiger partial charge in [0.05, 0.1) is 16.3 Å². The smallest absolute Gasteiger partial charge is 0.339 e. The van der Waals surface area contributed by atoms with Gasteiger partial charge in [-0.15, -0.1) is 0 Å². The molecule has 0 spiro atoms. The Morgan fingerprint density at radius 1 is 1.12 bits per heavy atom. The minimum absolute atomic E-state index is 0.199. The molecule has 0 atom stereocenters. The second kappa shape index (κ2) is 9.70. The first-order valence-corrected chi connectivity index (χ1v) is 11.2. The molecule has 1 saturated heterocycles. The Hall–Kier alpha value is -3.63. The number of carboxylic acids is 1. The number of hydrogen-bond donors (Lipinski definition) is 2. The summed E-state index contributed by atoms with van der Waals surface area (Å²) >= 11 is 6.46. The maximum atomic E-state index is 13.6. The lowest BCUT2D eigenvalue weighted by atomic mass is 10.1. The van der Waals surface area contributed by atoms with Gasteiger partial charge in [-0.05, 0) is 60.5 Å². The molecule has 1 fully saturated rings. The maximum absolute atomic E-state index is 13.6. The number of aromatic carboxylic acids is 1. The van der Waals surface area contributed by atoms with E-state index in [1.165, 1.54) is 23.1 Å². The van der Waals surface area contributed by atoms with E-state index >= 15 is 0 Å². The first kappa shape index (κ1) is 23.5. The van der Waals surface area contributed by atoms with Gasteiger partial charge >= 0.3 is 5.97 Å². The van der Waals surface area contributed by atoms with Crippen LogP contribution in [0.25, 0.3) is 17.3 Å². The summed E-state index contributed by atoms with van der Waals surface area (Å²) in [5, 5.41) is 18.9. The van der Waals surface area contributed by atoms with Crippen LogP contribution in [0.4, 0.5) is 8.78 Å². The van der Waals surface area contributed by atoms with Crippen molar-refractivity contribution >= 4 is 46.3 Å². The second-order valence-corrected chi connectivity index (χ2v) is 8.99. The fourth-order valence-electron chi connectivity index (χ4n) is 3.33. The topological polar surface area (TPSA) is 90.7 Å². The van der Waals surface area contributed by atoms with Gasteiger partial charge in [-0.1, -0.05) is 36.1 Å². The summed E-state index contributed by atoms with van der Waals surface area (Å²) in [6.07, 6.45) is 1.94. The molecular formula is C24H16F2N2O4S2. The molecule has 2 heterocycles. The summed E-state index contributed by atoms with van der Waals surface area (Å²) in [4.78, 5) is 30.1. The molecule has 0 aliphatic carbocycles. The molecule has 1 aliphatic rings. The van der Waals surface area contributed by atoms with Gasteiger partial charge in [0.1, 0.15) is 15.6 Å². The van der Waals surface area contributed by atoms with Gasteiger partial charge in [-0.2, -0.15) is 0 Å². The molecule has 0 radical (unpaired) electrons. The van der Waals surface area contributed by atoms with Crippen molar-refractivity contribution in [2.75, 3.05) is 6.54 Å². The minimum atomic E-state index is -1.23. The summed E-state index contributed by atoms with van der Waals surface area (Å²) in [7, 11) is 0. The predicted molar refractivity (Wildman–Crippen MR) is 128 cm³/mol. The van der Waals surface area contributed by atoms with Crippen LogP contribution in [-0.2, 0) is 11.2 Å². The summed E-state index contributed by atoms with van der Waals surface area (Å²) in [5.74, 6) is -3.80. The van der Waals surface area contributed by atoms with Gasteiger partial charge < -0.3 is 10.2 Å². The number of hydrogen-bond acceptors (Lipinski definition) is 6. The number of nitrogens with zero attached hydrogens (tertiary/aromatic N) is 2. The fourth-order valence-corrected chi connectivity index (χ4v) is 4.62. The number of halogens is 2. The van der Waals surface area contributed by atoms with Gasteiger partial charge in [-0.25, -0.2) is 18.6 Å². The average molecular weight is 499 g/mol. The Morgan fingerprint density at radius 3 is 2.62 bits per heavy atom. The van der Waals surface area contributed by atoms with Crippen molar-refractivity contribution in [1.29, 1.82) is 0 Å². The number of phenols is 1. The third-order valence-corrected chi connectivity index (χ3v) is 6.43. The van der Waals surface area contributed by atoms with Crippen LogP contribution in [0.2, 0.25) is 0 Å². The second-order valence-electron chi connectivity index (χ2n) is 7.32. The lowest BCUT2D eigenvalue weighted by Gasteiger charge is -2.14. The number of carbonyl (C=O) groups excluding carboxylic acids is 1. The highest BCUT2D eigenvalue weighted by atomic mass is 32.2. The molecular weight excluding hydrogens is 482 g/mol. The van der Waals surface area contributed by atoms with E-state index in [4.69, 9.17) is 17.3 Å². The molecule has 1 aromatic heterocycles. The molecule has 6 nitrogen and oxygen atoms in total. The van der Waals surface area contributed by atoms with Gasteiger partial charge in [0, 0.05) is 12.1 Å². The number of pyridine rings is 1. The largest absolute Gasteiger partial charge is 0.507 e. The number of thioether (sulfide) groups is 1. The first-order chi connectivity index (χ1) is 16.2. The molecule has 0 bridgehead atoms. The zero-order chi connectivity index (χ0) is 24.4. The molecule has 2 aromatic carbocycles. The molecule has 1 aliphatic heterocycles. The summed E-state index contributed by atoms with van der Waals surface area (Å²) in [6.45, 7) is 0.246. The van der Waals surface area contributed by atoms with E-state index in [9.17, 15) is 23.5 Å². The zero-order valence-corrected chi connectivity index (χ0v) is 19.0. The standard InChI is InChI=1S/C24H16F2N2O4S2/c25-17-7-5-14(11-18(17)26)19-3-1-2-15(27-19)12-21-22(30)28(24(33)34-21)9-8-13-4-6-16(23(31)32)20(29)10-13/h1-7,10-12,29H,8-9H2,(H,31,32). The highest BCUT2D eigenvalue weighted by Gasteiger charge is 2.31. The number of aromatic hydroxyl groups is 1. The molecule has 172 valence electrons. The van der Waals surface area contributed by atoms with Crippen molar-refractivity contribution < 1.29 is 28.6 Å². The molecule has 10 heteroatoms. The van der Waals surface area contributed by atoms with E-state index in [0.717, 1.165) is 23.9 Å². The van der Waals surface area contributed by atoms with Crippen molar-refractivity contribution in [3.63, 3.8) is 0 Å². The van der Waals surface area contributed by atoms with Crippen LogP contribution in [-0.4, -0.2) is 42.8 Å². The van der Waals surface area contributed by atoms with E-state index in [2.05, 4.69) is 4.98 Å². The van der Waals surface area contributed by atoms with Crippen LogP contribution in [0.5, 0.6) is 5.75 Å². The lowest BCUT2D eigenvalue weighted by Crippen LogP contribution is -2.30. The molecule has 1 amide bonds. The molecule has 0 unspecified atom stereocenters. The molecule has 4 rings (SSSR count). The van der Waals surface area contributed by atoms with Crippen molar-refractivity contribution in [3.05, 3.63) is 88.0 Å². The van der Waals surface area contributed by atoms with Crippen molar-refractivity contribution in [1.82, 2.24) is 9.88 Å². The SMILES string of the molecule is O=C(O)c1ccc(CCN2C(=O)C(=Cc3cccc(-c4ccc(F)c(F)c4)n3)SC2=S)cc1O. The van der Waals surface area contributed by atoms with Gasteiger partial charge in [0.2, 0.25) is 0 Å². The monoisotopic (exact) mass is 498 g/mol. The van der Waals surface area contributed by atoms with E-state index in [1.54, 1.807) is 30.3 Å². The van der Waals surface area contributed by atoms with Crippen LogP contribution < -0.4 is 0 Å². The van der Waals surface area contributed by atoms with Crippen LogP contribution in [0.15, 0.2) is 59.5 Å². The third kappa shape index (κ3) is 4.97. The lowest BCUT2D eigenvalue weighted by molar-refractivity contribution is -0.122. The fraction of sp³-hybridized carbons (Fsp3) is 0.0833. The Bertz CT molecular complexity index is 1360. The van der Waals surface area contributed by atoms with E-state index in [1.807, 2.05) is 0 Å². The molecule has 34 heavy (non-hydrogen) atoms. The minimum Gasteiger partial charge on any atom is -0.507 e. The third-order valence-electron chi connectivity index (χ3n) is 5.06. The van der Waals surface area contributed by atoms with E-state index in [-0.39, 0.29) is 23.8 Å². The number of rotatable bonds is 6. The van der Waals surface area contributed by atoms with Crippen molar-refractivity contribution in [2.45, 2.75) is 6.42 Å². The molecule has 2 N–H and O–H groups in total. The van der Waals surface area contributed by atoms with E-state index < -0.39 is 17.6 Å². The number of benzene rings is 2. The van der Waals surface area contributed by atoms with Crippen molar-refractivity contribution in [3.8, 4) is 17.0 Å². The van der Waals surface area contributed by atoms with E-state index in [0.29, 0.717) is 38.2 Å². The number of carboxylic acid groups (broad SMARTS) is 1. The summed E-state index contributed by atoms with van der Waals surface area (Å²) in [6, 6.07) is 12.8. The average Bonchev–Trinajstić information content (AvgIpc) is 3.06. The molecule has 0 saturated carbocycles. The Labute approximate surface area is 202 Å². The van der Waals surface area contributed by atoms with Crippen LogP contribution in [0, 0.1) is 11.6 Å². The quantitative estimate of drug-likeness (QED) is 0.370. The van der Waals surface area contributed by atoms with Crippen LogP contribution >= 0.6 is 24.0 Å². The Kier molecular flexibility index (Phi) is 6.71. The number of aromatic nitrogens is 1. The van der Waals surface area contributed by atoms with Crippen LogP contribution in [0.3, 0.4) is 0 Å². The Balaban J connectivity index is 1.49. The zero-order valence-electron chi connectivity index (χ0n) is 17.4. The van der Waals surface area contributed by atoms with Crippen LogP contribution in [0.1, 0.15) is 21.6 Å². The summed E-state index contributed by atoms with van der Waals surface area (Å²) in [5.41, 5.74) is 1.74. The number of carbonyl (C=O) groups is 2. The highest BCUT2D eigenvalue weighted by Crippen LogP contribution is 2.33. The first-order valence-electron chi connectivity index (χ1n) is 9.96.